The molecule has 0 aliphatic rings. The quantitative estimate of drug-likeness (QED) is 0.636. The lowest BCUT2D eigenvalue weighted by Gasteiger charge is -2.42. The van der Waals surface area contributed by atoms with Crippen LogP contribution in [0.5, 0.6) is 0 Å². The van der Waals surface area contributed by atoms with Crippen molar-refractivity contribution in [2.24, 2.45) is 11.3 Å². The molecule has 2 heteroatoms. The standard InChI is InChI=1S/C12H26O2/c1-10(2)8-9-12(13-6,14-7)11(3,4)5/h10H,8-9H2,1-7H3. The zero-order valence-electron chi connectivity index (χ0n) is 10.8. The van der Waals surface area contributed by atoms with E-state index in [0.717, 1.165) is 12.8 Å². The van der Waals surface area contributed by atoms with Crippen LogP contribution in [0.4, 0.5) is 0 Å². The molecule has 0 atom stereocenters. The van der Waals surface area contributed by atoms with E-state index in [1.54, 1.807) is 14.2 Å². The van der Waals surface area contributed by atoms with E-state index in [0.29, 0.717) is 5.92 Å². The van der Waals surface area contributed by atoms with E-state index in [-0.39, 0.29) is 5.41 Å². The number of hydrogen-bond donors (Lipinski definition) is 0. The van der Waals surface area contributed by atoms with Crippen molar-refractivity contribution in [1.29, 1.82) is 0 Å². The summed E-state index contributed by atoms with van der Waals surface area (Å²) in [6, 6.07) is 0. The normalized spacial score (nSPS) is 13.7. The molecule has 0 N–H and O–H groups in total. The van der Waals surface area contributed by atoms with Crippen LogP contribution < -0.4 is 0 Å². The van der Waals surface area contributed by atoms with E-state index in [1.807, 2.05) is 0 Å². The first-order valence-corrected chi connectivity index (χ1v) is 5.39. The predicted octanol–water partition coefficient (Wildman–Crippen LogP) is 3.46. The summed E-state index contributed by atoms with van der Waals surface area (Å²) in [5, 5.41) is 0. The van der Waals surface area contributed by atoms with Crippen molar-refractivity contribution >= 4 is 0 Å². The second-order valence-corrected chi connectivity index (χ2v) is 5.34. The van der Waals surface area contributed by atoms with Gasteiger partial charge in [0.05, 0.1) is 0 Å². The second kappa shape index (κ2) is 5.13. The number of ether oxygens (including phenoxy) is 2. The monoisotopic (exact) mass is 202 g/mol. The summed E-state index contributed by atoms with van der Waals surface area (Å²) in [4.78, 5) is 0. The first-order valence-electron chi connectivity index (χ1n) is 5.39. The van der Waals surface area contributed by atoms with Crippen molar-refractivity contribution in [1.82, 2.24) is 0 Å². The van der Waals surface area contributed by atoms with Crippen LogP contribution in [0.1, 0.15) is 47.5 Å². The molecule has 86 valence electrons. The predicted molar refractivity (Wildman–Crippen MR) is 60.3 cm³/mol. The fourth-order valence-corrected chi connectivity index (χ4v) is 1.75. The highest BCUT2D eigenvalue weighted by atomic mass is 16.7. The fraction of sp³-hybridized carbons (Fsp3) is 1.00. The summed E-state index contributed by atoms with van der Waals surface area (Å²) in [6.45, 7) is 10.9. The molecule has 0 aliphatic carbocycles. The highest BCUT2D eigenvalue weighted by molar-refractivity contribution is 4.83. The Bertz CT molecular complexity index is 152. The van der Waals surface area contributed by atoms with Gasteiger partial charge in [-0.15, -0.1) is 0 Å². The van der Waals surface area contributed by atoms with Crippen molar-refractivity contribution in [3.63, 3.8) is 0 Å². The molecule has 0 aromatic heterocycles. The van der Waals surface area contributed by atoms with Crippen molar-refractivity contribution in [3.8, 4) is 0 Å². The molecule has 0 bridgehead atoms. The van der Waals surface area contributed by atoms with Gasteiger partial charge in [0.25, 0.3) is 0 Å². The van der Waals surface area contributed by atoms with Gasteiger partial charge in [-0.05, 0) is 12.3 Å². The largest absolute Gasteiger partial charge is 0.353 e. The Morgan fingerprint density at radius 1 is 1.00 bits per heavy atom. The molecule has 0 unspecified atom stereocenters. The maximum Gasteiger partial charge on any atom is 0.172 e. The minimum absolute atomic E-state index is 0.00535. The Balaban J connectivity index is 4.55. The van der Waals surface area contributed by atoms with Gasteiger partial charge in [-0.2, -0.15) is 0 Å². The number of methoxy groups -OCH3 is 2. The fourth-order valence-electron chi connectivity index (χ4n) is 1.75. The highest BCUT2D eigenvalue weighted by Gasteiger charge is 2.42. The summed E-state index contributed by atoms with van der Waals surface area (Å²) < 4.78 is 11.2. The van der Waals surface area contributed by atoms with Crippen LogP contribution in [0.2, 0.25) is 0 Å². The van der Waals surface area contributed by atoms with E-state index in [2.05, 4.69) is 34.6 Å². The van der Waals surface area contributed by atoms with Crippen LogP contribution >= 0.6 is 0 Å². The van der Waals surface area contributed by atoms with Gasteiger partial charge in [0.15, 0.2) is 5.79 Å². The minimum Gasteiger partial charge on any atom is -0.353 e. The van der Waals surface area contributed by atoms with Crippen molar-refractivity contribution in [3.05, 3.63) is 0 Å². The number of hydrogen-bond acceptors (Lipinski definition) is 2. The van der Waals surface area contributed by atoms with E-state index in [4.69, 9.17) is 9.47 Å². The van der Waals surface area contributed by atoms with Gasteiger partial charge in [-0.25, -0.2) is 0 Å². The van der Waals surface area contributed by atoms with Crippen LogP contribution in [0, 0.1) is 11.3 Å². The molecule has 0 amide bonds. The Hall–Kier alpha value is -0.0800. The molecule has 0 rings (SSSR count). The average Bonchev–Trinajstić information content (AvgIpc) is 2.04. The third-order valence-corrected chi connectivity index (χ3v) is 2.85. The maximum atomic E-state index is 5.58. The Labute approximate surface area is 89.0 Å². The molecule has 0 saturated carbocycles. The van der Waals surface area contributed by atoms with Crippen LogP contribution in [0.3, 0.4) is 0 Å². The highest BCUT2D eigenvalue weighted by Crippen LogP contribution is 2.38. The summed E-state index contributed by atoms with van der Waals surface area (Å²) >= 11 is 0. The number of rotatable bonds is 5. The zero-order chi connectivity index (χ0) is 11.4. The molecular weight excluding hydrogens is 176 g/mol. The van der Waals surface area contributed by atoms with Gasteiger partial charge < -0.3 is 9.47 Å². The Morgan fingerprint density at radius 3 is 1.64 bits per heavy atom. The molecule has 0 radical (unpaired) electrons. The molecule has 0 saturated heterocycles. The Morgan fingerprint density at radius 2 is 1.43 bits per heavy atom. The van der Waals surface area contributed by atoms with E-state index >= 15 is 0 Å². The van der Waals surface area contributed by atoms with E-state index < -0.39 is 5.79 Å². The Kier molecular flexibility index (Phi) is 5.10. The average molecular weight is 202 g/mol. The molecule has 0 heterocycles. The van der Waals surface area contributed by atoms with Gasteiger partial charge in [0.1, 0.15) is 0 Å². The van der Waals surface area contributed by atoms with Gasteiger partial charge in [-0.3, -0.25) is 0 Å². The first-order chi connectivity index (χ1) is 6.29. The van der Waals surface area contributed by atoms with Crippen LogP contribution in [-0.2, 0) is 9.47 Å². The summed E-state index contributed by atoms with van der Waals surface area (Å²) in [5.41, 5.74) is 0.00535. The van der Waals surface area contributed by atoms with Crippen LogP contribution in [0.15, 0.2) is 0 Å². The van der Waals surface area contributed by atoms with Gasteiger partial charge in [0, 0.05) is 26.1 Å². The topological polar surface area (TPSA) is 18.5 Å². The minimum atomic E-state index is -0.447. The molecule has 2 nitrogen and oxygen atoms in total. The second-order valence-electron chi connectivity index (χ2n) is 5.34. The summed E-state index contributed by atoms with van der Waals surface area (Å²) in [5.74, 6) is 0.235. The zero-order valence-corrected chi connectivity index (χ0v) is 10.8. The molecule has 0 aromatic rings. The smallest absolute Gasteiger partial charge is 0.172 e. The van der Waals surface area contributed by atoms with Crippen molar-refractivity contribution < 1.29 is 9.47 Å². The van der Waals surface area contributed by atoms with Crippen LogP contribution in [-0.4, -0.2) is 20.0 Å². The maximum absolute atomic E-state index is 5.58. The van der Waals surface area contributed by atoms with Gasteiger partial charge in [-0.1, -0.05) is 34.6 Å². The lowest BCUT2D eigenvalue weighted by molar-refractivity contribution is -0.268. The van der Waals surface area contributed by atoms with E-state index in [9.17, 15) is 0 Å². The molecule has 0 aliphatic heterocycles. The lowest BCUT2D eigenvalue weighted by Crippen LogP contribution is -2.46. The van der Waals surface area contributed by atoms with Gasteiger partial charge >= 0.3 is 0 Å². The third-order valence-electron chi connectivity index (χ3n) is 2.85. The van der Waals surface area contributed by atoms with Crippen LogP contribution in [0.25, 0.3) is 0 Å². The molecular formula is C12H26O2. The SMILES string of the molecule is COC(CCC(C)C)(OC)C(C)(C)C. The lowest BCUT2D eigenvalue weighted by atomic mass is 9.81. The summed E-state index contributed by atoms with van der Waals surface area (Å²) in [6.07, 6.45) is 2.07. The first kappa shape index (κ1) is 13.9. The molecule has 14 heavy (non-hydrogen) atoms. The molecule has 0 spiro atoms. The third kappa shape index (κ3) is 3.25. The molecule has 0 fully saturated rings. The summed E-state index contributed by atoms with van der Waals surface area (Å²) in [7, 11) is 3.46. The van der Waals surface area contributed by atoms with Crippen molar-refractivity contribution in [2.75, 3.05) is 14.2 Å². The van der Waals surface area contributed by atoms with Gasteiger partial charge in [0.2, 0.25) is 0 Å². The molecule has 0 aromatic carbocycles. The van der Waals surface area contributed by atoms with E-state index in [1.165, 1.54) is 0 Å². The van der Waals surface area contributed by atoms with Crippen molar-refractivity contribution in [2.45, 2.75) is 53.2 Å².